The summed E-state index contributed by atoms with van der Waals surface area (Å²) >= 11 is 0. The van der Waals surface area contributed by atoms with Crippen molar-refractivity contribution < 1.29 is 4.79 Å². The summed E-state index contributed by atoms with van der Waals surface area (Å²) in [4.78, 5) is 17.5. The third kappa shape index (κ3) is 4.33. The van der Waals surface area contributed by atoms with Crippen LogP contribution < -0.4 is 5.32 Å². The Balaban J connectivity index is 0.00000161. The van der Waals surface area contributed by atoms with Gasteiger partial charge in [0.05, 0.1) is 0 Å². The molecular weight excluding hydrogens is 286 g/mol. The van der Waals surface area contributed by atoms with Crippen molar-refractivity contribution in [3.8, 4) is 0 Å². The molecule has 0 radical (unpaired) electrons. The van der Waals surface area contributed by atoms with Gasteiger partial charge in [-0.25, -0.2) is 0 Å². The number of carbonyl (C=O) groups is 1. The molecule has 0 spiro atoms. The first-order valence-electron chi connectivity index (χ1n) is 8.58. The molecule has 1 atom stereocenters. The maximum absolute atomic E-state index is 12.7. The molecule has 0 aromatic carbocycles. The Bertz CT molecular complexity index is 327. The van der Waals surface area contributed by atoms with Gasteiger partial charge in [-0.05, 0) is 64.7 Å². The number of amides is 1. The van der Waals surface area contributed by atoms with Crippen LogP contribution in [0.2, 0.25) is 0 Å². The van der Waals surface area contributed by atoms with Gasteiger partial charge in [0.15, 0.2) is 0 Å². The smallest absolute Gasteiger partial charge is 0.226 e. The van der Waals surface area contributed by atoms with Crippen molar-refractivity contribution >= 4 is 18.3 Å². The van der Waals surface area contributed by atoms with Crippen LogP contribution in [0.15, 0.2) is 0 Å². The quantitative estimate of drug-likeness (QED) is 0.864. The largest absolute Gasteiger partial charge is 0.338 e. The summed E-state index contributed by atoms with van der Waals surface area (Å²) in [6, 6.07) is 0.496. The molecule has 0 aromatic rings. The van der Waals surface area contributed by atoms with Crippen molar-refractivity contribution in [2.45, 2.75) is 51.0 Å². The molecule has 3 heterocycles. The molecule has 0 aliphatic carbocycles. The van der Waals surface area contributed by atoms with Crippen LogP contribution in [-0.4, -0.2) is 61.0 Å². The first-order chi connectivity index (χ1) is 9.84. The molecule has 21 heavy (non-hydrogen) atoms. The van der Waals surface area contributed by atoms with Crippen LogP contribution >= 0.6 is 12.4 Å². The molecule has 1 N–H and O–H groups in total. The number of nitrogens with one attached hydrogen (secondary N) is 1. The van der Waals surface area contributed by atoms with Gasteiger partial charge in [-0.1, -0.05) is 6.42 Å². The van der Waals surface area contributed by atoms with E-state index >= 15 is 0 Å². The average molecular weight is 316 g/mol. The Kier molecular flexibility index (Phi) is 6.77. The highest BCUT2D eigenvalue weighted by Gasteiger charge is 2.34. The Labute approximate surface area is 135 Å². The topological polar surface area (TPSA) is 35.6 Å². The van der Waals surface area contributed by atoms with Gasteiger partial charge in [0.25, 0.3) is 0 Å². The molecule has 3 aliphatic heterocycles. The fourth-order valence-corrected chi connectivity index (χ4v) is 4.06. The van der Waals surface area contributed by atoms with E-state index in [9.17, 15) is 4.79 Å². The van der Waals surface area contributed by atoms with E-state index < -0.39 is 0 Å². The second-order valence-corrected chi connectivity index (χ2v) is 6.71. The van der Waals surface area contributed by atoms with E-state index in [1.54, 1.807) is 0 Å². The standard InChI is InChI=1S/C16H29N3O.ClH/c20-16(14-6-8-17-9-7-14)19-12-4-5-15(19)13-18-10-2-1-3-11-18;/h14-15,17H,1-13H2;1H. The van der Waals surface area contributed by atoms with Gasteiger partial charge < -0.3 is 15.1 Å². The predicted octanol–water partition coefficient (Wildman–Crippen LogP) is 1.88. The summed E-state index contributed by atoms with van der Waals surface area (Å²) in [7, 11) is 0. The number of nitrogens with zero attached hydrogens (tertiary/aromatic N) is 2. The number of hydrogen-bond acceptors (Lipinski definition) is 3. The second-order valence-electron chi connectivity index (χ2n) is 6.71. The van der Waals surface area contributed by atoms with Gasteiger partial charge in [0.2, 0.25) is 5.91 Å². The molecule has 5 heteroatoms. The van der Waals surface area contributed by atoms with Crippen molar-refractivity contribution in [1.82, 2.24) is 15.1 Å². The number of likely N-dealkylation sites (tertiary alicyclic amines) is 2. The lowest BCUT2D eigenvalue weighted by atomic mass is 9.96. The summed E-state index contributed by atoms with van der Waals surface area (Å²) < 4.78 is 0. The van der Waals surface area contributed by atoms with Crippen molar-refractivity contribution in [1.29, 1.82) is 0 Å². The molecule has 3 aliphatic rings. The molecule has 1 amide bonds. The van der Waals surface area contributed by atoms with Crippen LogP contribution in [0.25, 0.3) is 0 Å². The van der Waals surface area contributed by atoms with Crippen molar-refractivity contribution in [2.75, 3.05) is 39.3 Å². The van der Waals surface area contributed by atoms with E-state index in [1.165, 1.54) is 45.2 Å². The second kappa shape index (κ2) is 8.35. The van der Waals surface area contributed by atoms with Crippen LogP contribution in [-0.2, 0) is 4.79 Å². The zero-order valence-corrected chi connectivity index (χ0v) is 13.9. The fourth-order valence-electron chi connectivity index (χ4n) is 4.06. The third-order valence-electron chi connectivity index (χ3n) is 5.27. The minimum atomic E-state index is 0. The predicted molar refractivity (Wildman–Crippen MR) is 87.9 cm³/mol. The molecule has 0 saturated carbocycles. The van der Waals surface area contributed by atoms with Crippen LogP contribution in [0.3, 0.4) is 0 Å². The Hall–Kier alpha value is -0.320. The van der Waals surface area contributed by atoms with Crippen molar-refractivity contribution in [3.63, 3.8) is 0 Å². The first-order valence-corrected chi connectivity index (χ1v) is 8.58. The molecule has 4 nitrogen and oxygen atoms in total. The monoisotopic (exact) mass is 315 g/mol. The minimum Gasteiger partial charge on any atom is -0.338 e. The lowest BCUT2D eigenvalue weighted by Gasteiger charge is -2.35. The Morgan fingerprint density at radius 2 is 1.67 bits per heavy atom. The van der Waals surface area contributed by atoms with Crippen molar-refractivity contribution in [3.05, 3.63) is 0 Å². The number of rotatable bonds is 3. The van der Waals surface area contributed by atoms with E-state index in [4.69, 9.17) is 0 Å². The van der Waals surface area contributed by atoms with Crippen LogP contribution in [0.4, 0.5) is 0 Å². The summed E-state index contributed by atoms with van der Waals surface area (Å²) in [5.41, 5.74) is 0. The maximum atomic E-state index is 12.7. The summed E-state index contributed by atoms with van der Waals surface area (Å²) in [5, 5.41) is 3.36. The van der Waals surface area contributed by atoms with Gasteiger partial charge in [0, 0.05) is 25.0 Å². The Morgan fingerprint density at radius 1 is 0.952 bits per heavy atom. The average Bonchev–Trinajstić information content (AvgIpc) is 2.96. The number of halogens is 1. The van der Waals surface area contributed by atoms with E-state index in [1.807, 2.05) is 0 Å². The summed E-state index contributed by atoms with van der Waals surface area (Å²) in [5.74, 6) is 0.740. The molecule has 122 valence electrons. The minimum absolute atomic E-state index is 0. The highest BCUT2D eigenvalue weighted by Crippen LogP contribution is 2.24. The van der Waals surface area contributed by atoms with Gasteiger partial charge in [-0.2, -0.15) is 0 Å². The molecule has 3 saturated heterocycles. The third-order valence-corrected chi connectivity index (χ3v) is 5.27. The maximum Gasteiger partial charge on any atom is 0.226 e. The highest BCUT2D eigenvalue weighted by atomic mass is 35.5. The van der Waals surface area contributed by atoms with E-state index in [0.29, 0.717) is 17.9 Å². The van der Waals surface area contributed by atoms with Gasteiger partial charge in [-0.3, -0.25) is 4.79 Å². The molecular formula is C16H30ClN3O. The first kappa shape index (κ1) is 17.0. The highest BCUT2D eigenvalue weighted by molar-refractivity contribution is 5.85. The molecule has 0 aromatic heterocycles. The summed E-state index contributed by atoms with van der Waals surface area (Å²) in [6.45, 7) is 6.64. The van der Waals surface area contributed by atoms with Gasteiger partial charge >= 0.3 is 0 Å². The number of carbonyl (C=O) groups excluding carboxylic acids is 1. The zero-order chi connectivity index (χ0) is 13.8. The zero-order valence-electron chi connectivity index (χ0n) is 13.1. The molecule has 3 fully saturated rings. The van der Waals surface area contributed by atoms with Crippen LogP contribution in [0.5, 0.6) is 0 Å². The van der Waals surface area contributed by atoms with Gasteiger partial charge in [0.1, 0.15) is 0 Å². The molecule has 1 unspecified atom stereocenters. The van der Waals surface area contributed by atoms with E-state index in [-0.39, 0.29) is 12.4 Å². The van der Waals surface area contributed by atoms with E-state index in [0.717, 1.165) is 39.0 Å². The number of piperidine rings is 2. The summed E-state index contributed by atoms with van der Waals surface area (Å²) in [6.07, 6.45) is 8.56. The number of hydrogen-bond donors (Lipinski definition) is 1. The normalized spacial score (nSPS) is 28.4. The SMILES string of the molecule is Cl.O=C(C1CCNCC1)N1CCCC1CN1CCCCC1. The fraction of sp³-hybridized carbons (Fsp3) is 0.938. The van der Waals surface area contributed by atoms with Crippen LogP contribution in [0.1, 0.15) is 44.9 Å². The lowest BCUT2D eigenvalue weighted by Crippen LogP contribution is -2.48. The van der Waals surface area contributed by atoms with Crippen LogP contribution in [0, 0.1) is 5.92 Å². The van der Waals surface area contributed by atoms with Crippen molar-refractivity contribution in [2.24, 2.45) is 5.92 Å². The lowest BCUT2D eigenvalue weighted by molar-refractivity contribution is -0.137. The molecule has 0 bridgehead atoms. The molecule has 3 rings (SSSR count). The van der Waals surface area contributed by atoms with Gasteiger partial charge in [-0.15, -0.1) is 12.4 Å². The Morgan fingerprint density at radius 3 is 2.38 bits per heavy atom. The van der Waals surface area contributed by atoms with E-state index in [2.05, 4.69) is 15.1 Å².